The topological polar surface area (TPSA) is 95.7 Å². The Morgan fingerprint density at radius 2 is 1.72 bits per heavy atom. The van der Waals surface area contributed by atoms with Crippen molar-refractivity contribution in [3.05, 3.63) is 69.3 Å². The van der Waals surface area contributed by atoms with Crippen molar-refractivity contribution in [2.24, 2.45) is 0 Å². The van der Waals surface area contributed by atoms with E-state index in [-0.39, 0.29) is 17.9 Å². The maximum Gasteiger partial charge on any atom is 0.338 e. The van der Waals surface area contributed by atoms with Crippen molar-refractivity contribution < 1.29 is 24.0 Å². The Morgan fingerprint density at radius 1 is 1.08 bits per heavy atom. The predicted octanol–water partition coefficient (Wildman–Crippen LogP) is 3.46. The number of rotatable bonds is 6. The maximum absolute atomic E-state index is 12.1. The van der Waals surface area contributed by atoms with Crippen LogP contribution in [0.4, 0.5) is 5.69 Å². The van der Waals surface area contributed by atoms with E-state index in [0.717, 1.165) is 0 Å². The highest BCUT2D eigenvalue weighted by Crippen LogP contribution is 2.28. The summed E-state index contributed by atoms with van der Waals surface area (Å²) < 4.78 is 9.77. The number of benzene rings is 2. The van der Waals surface area contributed by atoms with Gasteiger partial charge in [-0.25, -0.2) is 9.59 Å². The van der Waals surface area contributed by atoms with Crippen LogP contribution in [0.25, 0.3) is 0 Å². The van der Waals surface area contributed by atoms with Crippen molar-refractivity contribution in [3.8, 4) is 0 Å². The molecule has 7 nitrogen and oxygen atoms in total. The number of ether oxygens (including phenoxy) is 2. The van der Waals surface area contributed by atoms with Crippen LogP contribution in [0, 0.1) is 10.1 Å². The molecule has 2 rings (SSSR count). The van der Waals surface area contributed by atoms with Gasteiger partial charge in [-0.15, -0.1) is 11.8 Å². The lowest BCUT2D eigenvalue weighted by atomic mass is 10.1. The van der Waals surface area contributed by atoms with E-state index in [0.29, 0.717) is 16.0 Å². The molecule has 0 amide bonds. The molecule has 0 spiro atoms. The highest BCUT2D eigenvalue weighted by Gasteiger charge is 2.18. The van der Waals surface area contributed by atoms with E-state index < -0.39 is 16.9 Å². The lowest BCUT2D eigenvalue weighted by molar-refractivity contribution is -0.387. The molecule has 0 fully saturated rings. The minimum atomic E-state index is -0.659. The van der Waals surface area contributed by atoms with E-state index in [2.05, 4.69) is 4.74 Å². The third-order valence-corrected chi connectivity index (χ3v) is 4.14. The molecule has 0 radical (unpaired) electrons. The zero-order chi connectivity index (χ0) is 18.4. The van der Waals surface area contributed by atoms with Gasteiger partial charge in [-0.2, -0.15) is 0 Å². The molecule has 0 saturated carbocycles. The first kappa shape index (κ1) is 18.5. The highest BCUT2D eigenvalue weighted by atomic mass is 32.2. The predicted molar refractivity (Wildman–Crippen MR) is 91.8 cm³/mol. The van der Waals surface area contributed by atoms with Crippen molar-refractivity contribution in [3.63, 3.8) is 0 Å². The summed E-state index contributed by atoms with van der Waals surface area (Å²) >= 11 is 1.23. The van der Waals surface area contributed by atoms with E-state index in [1.54, 1.807) is 30.5 Å². The number of hydrogen-bond donors (Lipinski definition) is 0. The molecule has 0 saturated heterocycles. The van der Waals surface area contributed by atoms with Crippen molar-refractivity contribution >= 4 is 29.4 Å². The van der Waals surface area contributed by atoms with Gasteiger partial charge >= 0.3 is 11.9 Å². The minimum Gasteiger partial charge on any atom is -0.465 e. The minimum absolute atomic E-state index is 0.0155. The van der Waals surface area contributed by atoms with Crippen LogP contribution in [0.2, 0.25) is 0 Å². The van der Waals surface area contributed by atoms with Gasteiger partial charge in [-0.05, 0) is 36.1 Å². The third kappa shape index (κ3) is 4.57. The molecule has 0 heterocycles. The SMILES string of the molecule is COC(=O)c1ccc(COC(=O)c2ccc(SC)c([N+](=O)[O-])c2)cc1. The molecule has 0 N–H and O–H groups in total. The van der Waals surface area contributed by atoms with Crippen LogP contribution in [-0.2, 0) is 16.1 Å². The average Bonchev–Trinajstić information content (AvgIpc) is 2.65. The Bertz CT molecular complexity index is 803. The zero-order valence-electron chi connectivity index (χ0n) is 13.6. The number of nitro groups is 1. The first-order chi connectivity index (χ1) is 12.0. The molecule has 0 aromatic heterocycles. The summed E-state index contributed by atoms with van der Waals surface area (Å²) in [6.45, 7) is -0.0155. The summed E-state index contributed by atoms with van der Waals surface area (Å²) in [5.74, 6) is -1.11. The van der Waals surface area contributed by atoms with E-state index in [9.17, 15) is 19.7 Å². The summed E-state index contributed by atoms with van der Waals surface area (Å²) in [6.07, 6.45) is 1.72. The van der Waals surface area contributed by atoms with Crippen LogP contribution in [0.15, 0.2) is 47.4 Å². The van der Waals surface area contributed by atoms with Gasteiger partial charge in [-0.3, -0.25) is 10.1 Å². The van der Waals surface area contributed by atoms with E-state index in [4.69, 9.17) is 4.74 Å². The smallest absolute Gasteiger partial charge is 0.338 e. The van der Waals surface area contributed by atoms with E-state index in [1.165, 1.54) is 37.1 Å². The number of nitro benzene ring substituents is 1. The van der Waals surface area contributed by atoms with Gasteiger partial charge in [0.05, 0.1) is 28.1 Å². The second-order valence-corrected chi connectivity index (χ2v) is 5.76. The quantitative estimate of drug-likeness (QED) is 0.336. The number of methoxy groups -OCH3 is 1. The van der Waals surface area contributed by atoms with Crippen molar-refractivity contribution in [2.75, 3.05) is 13.4 Å². The standard InChI is InChI=1S/C17H15NO6S/c1-23-16(19)12-5-3-11(4-6-12)10-24-17(20)13-7-8-15(25-2)14(9-13)18(21)22/h3-9H,10H2,1-2H3. The van der Waals surface area contributed by atoms with Crippen molar-refractivity contribution in [1.82, 2.24) is 0 Å². The monoisotopic (exact) mass is 361 g/mol. The van der Waals surface area contributed by atoms with Crippen LogP contribution in [0.5, 0.6) is 0 Å². The number of esters is 2. The number of hydrogen-bond acceptors (Lipinski definition) is 7. The Morgan fingerprint density at radius 3 is 2.28 bits per heavy atom. The first-order valence-electron chi connectivity index (χ1n) is 7.13. The Balaban J connectivity index is 2.06. The maximum atomic E-state index is 12.1. The molecular formula is C17H15NO6S. The van der Waals surface area contributed by atoms with Gasteiger partial charge < -0.3 is 9.47 Å². The summed E-state index contributed by atoms with van der Waals surface area (Å²) in [5, 5.41) is 11.0. The Kier molecular flexibility index (Phi) is 6.13. The molecule has 25 heavy (non-hydrogen) atoms. The number of nitrogens with zero attached hydrogens (tertiary/aromatic N) is 1. The second-order valence-electron chi connectivity index (χ2n) is 4.91. The van der Waals surface area contributed by atoms with Crippen LogP contribution in [0.3, 0.4) is 0 Å². The van der Waals surface area contributed by atoms with Crippen LogP contribution >= 0.6 is 11.8 Å². The van der Waals surface area contributed by atoms with Crippen molar-refractivity contribution in [1.29, 1.82) is 0 Å². The fourth-order valence-corrected chi connectivity index (χ4v) is 2.59. The van der Waals surface area contributed by atoms with Gasteiger partial charge in [0.15, 0.2) is 0 Å². The van der Waals surface area contributed by atoms with Crippen LogP contribution in [0.1, 0.15) is 26.3 Å². The van der Waals surface area contributed by atoms with Gasteiger partial charge in [0.2, 0.25) is 0 Å². The lowest BCUT2D eigenvalue weighted by Gasteiger charge is -2.07. The van der Waals surface area contributed by atoms with Gasteiger partial charge in [0, 0.05) is 6.07 Å². The largest absolute Gasteiger partial charge is 0.465 e. The molecule has 0 aliphatic heterocycles. The molecular weight excluding hydrogens is 346 g/mol. The normalized spacial score (nSPS) is 10.2. The Hall–Kier alpha value is -2.87. The molecule has 0 aliphatic rings. The van der Waals surface area contributed by atoms with E-state index in [1.807, 2.05) is 0 Å². The first-order valence-corrected chi connectivity index (χ1v) is 8.35. The molecule has 130 valence electrons. The molecule has 0 unspecified atom stereocenters. The lowest BCUT2D eigenvalue weighted by Crippen LogP contribution is -2.07. The van der Waals surface area contributed by atoms with Gasteiger partial charge in [-0.1, -0.05) is 12.1 Å². The third-order valence-electron chi connectivity index (χ3n) is 3.36. The Labute approximate surface area is 148 Å². The van der Waals surface area contributed by atoms with E-state index >= 15 is 0 Å². The van der Waals surface area contributed by atoms with Crippen LogP contribution in [-0.4, -0.2) is 30.2 Å². The molecule has 8 heteroatoms. The fraction of sp³-hybridized carbons (Fsp3) is 0.176. The molecule has 0 atom stereocenters. The van der Waals surface area contributed by atoms with Crippen LogP contribution < -0.4 is 0 Å². The number of carbonyl (C=O) groups is 2. The van der Waals surface area contributed by atoms with Crippen molar-refractivity contribution in [2.45, 2.75) is 11.5 Å². The summed E-state index contributed by atoms with van der Waals surface area (Å²) in [5.41, 5.74) is 1.04. The number of carbonyl (C=O) groups excluding carboxylic acids is 2. The second kappa shape index (κ2) is 8.29. The van der Waals surface area contributed by atoms with Gasteiger partial charge in [0.25, 0.3) is 5.69 Å². The average molecular weight is 361 g/mol. The molecule has 2 aromatic carbocycles. The molecule has 0 aliphatic carbocycles. The highest BCUT2D eigenvalue weighted by molar-refractivity contribution is 7.98. The zero-order valence-corrected chi connectivity index (χ0v) is 14.4. The number of thioether (sulfide) groups is 1. The molecule has 0 bridgehead atoms. The summed E-state index contributed by atoms with van der Waals surface area (Å²) in [6, 6.07) is 10.6. The summed E-state index contributed by atoms with van der Waals surface area (Å²) in [4.78, 5) is 34.4. The summed E-state index contributed by atoms with van der Waals surface area (Å²) in [7, 11) is 1.29. The fourth-order valence-electron chi connectivity index (χ4n) is 2.05. The van der Waals surface area contributed by atoms with Gasteiger partial charge in [0.1, 0.15) is 6.61 Å². The molecule has 2 aromatic rings.